The molecule has 2 N–H and O–H groups in total. The summed E-state index contributed by atoms with van der Waals surface area (Å²) in [4.78, 5) is 10.1. The highest BCUT2D eigenvalue weighted by Gasteiger charge is 2.17. The van der Waals surface area contributed by atoms with E-state index >= 15 is 0 Å². The van der Waals surface area contributed by atoms with Gasteiger partial charge < -0.3 is 5.11 Å². The summed E-state index contributed by atoms with van der Waals surface area (Å²) in [6.07, 6.45) is 1.21. The number of nitrogens with one attached hydrogen (secondary N) is 1. The van der Waals surface area contributed by atoms with Crippen LogP contribution in [-0.2, 0) is 0 Å². The van der Waals surface area contributed by atoms with E-state index in [-0.39, 0.29) is 10.6 Å². The number of hydrogen-bond acceptors (Lipinski definition) is 5. The van der Waals surface area contributed by atoms with Crippen LogP contribution < -0.4 is 5.43 Å². The smallest absolute Gasteiger partial charge is 0.312 e. The molecule has 0 unspecified atom stereocenters. The van der Waals surface area contributed by atoms with Crippen LogP contribution in [-0.4, -0.2) is 16.2 Å². The molecule has 2 aromatic carbocycles. The van der Waals surface area contributed by atoms with E-state index < -0.39 is 16.4 Å². The van der Waals surface area contributed by atoms with Gasteiger partial charge in [-0.05, 0) is 24.3 Å². The second-order valence-corrected chi connectivity index (χ2v) is 5.37. The number of hydrazone groups is 1. The molecule has 0 aliphatic heterocycles. The van der Waals surface area contributed by atoms with Gasteiger partial charge in [0.1, 0.15) is 0 Å². The molecule has 0 radical (unpaired) electrons. The van der Waals surface area contributed by atoms with Crippen LogP contribution in [0.1, 0.15) is 5.56 Å². The van der Waals surface area contributed by atoms with Crippen LogP contribution in [0.15, 0.2) is 35.4 Å². The maximum absolute atomic E-state index is 10.8. The van der Waals surface area contributed by atoms with Crippen molar-refractivity contribution in [2.75, 3.05) is 5.43 Å². The molecule has 0 heterocycles. The van der Waals surface area contributed by atoms with Crippen LogP contribution in [0.25, 0.3) is 0 Å². The molecule has 0 aromatic heterocycles. The number of nitro groups is 1. The number of anilines is 1. The summed E-state index contributed by atoms with van der Waals surface area (Å²) in [6.45, 7) is 0. The van der Waals surface area contributed by atoms with Crippen molar-refractivity contribution in [1.29, 1.82) is 0 Å². The first-order chi connectivity index (χ1) is 10.4. The predicted octanol–water partition coefficient (Wildman–Crippen LogP) is 4.71. The van der Waals surface area contributed by atoms with E-state index in [1.54, 1.807) is 18.2 Å². The zero-order valence-electron chi connectivity index (χ0n) is 10.8. The summed E-state index contributed by atoms with van der Waals surface area (Å²) in [5, 5.41) is 25.3. The fraction of sp³-hybridized carbons (Fsp3) is 0. The van der Waals surface area contributed by atoms with Crippen molar-refractivity contribution >= 4 is 52.4 Å². The van der Waals surface area contributed by atoms with Crippen molar-refractivity contribution in [3.8, 4) is 5.75 Å². The fourth-order valence-corrected chi connectivity index (χ4v) is 2.10. The number of nitrogens with zero attached hydrogens (tertiary/aromatic N) is 2. The summed E-state index contributed by atoms with van der Waals surface area (Å²) in [7, 11) is 0. The van der Waals surface area contributed by atoms with Crippen LogP contribution >= 0.6 is 34.8 Å². The minimum atomic E-state index is -0.731. The largest absolute Gasteiger partial charge is 0.502 e. The van der Waals surface area contributed by atoms with Gasteiger partial charge in [-0.2, -0.15) is 5.10 Å². The van der Waals surface area contributed by atoms with Gasteiger partial charge in [-0.25, -0.2) is 0 Å². The fourth-order valence-electron chi connectivity index (χ4n) is 1.59. The van der Waals surface area contributed by atoms with Gasteiger partial charge in [0.15, 0.2) is 0 Å². The van der Waals surface area contributed by atoms with Crippen LogP contribution in [0.3, 0.4) is 0 Å². The standard InChI is InChI=1S/C13H8Cl3N3O3/c14-8-3-7(13(20)12(4-8)19(21)22)6-17-18-9-1-2-10(15)11(16)5-9/h1-6,18,20H/b17-6-. The van der Waals surface area contributed by atoms with Crippen molar-refractivity contribution < 1.29 is 10.0 Å². The Morgan fingerprint density at radius 3 is 2.55 bits per heavy atom. The Labute approximate surface area is 140 Å². The van der Waals surface area contributed by atoms with E-state index in [0.29, 0.717) is 15.7 Å². The number of halogens is 3. The third kappa shape index (κ3) is 3.79. The Kier molecular flexibility index (Phi) is 5.07. The molecule has 114 valence electrons. The number of phenols is 1. The molecule has 0 aliphatic rings. The second kappa shape index (κ2) is 6.83. The van der Waals surface area contributed by atoms with Crippen LogP contribution in [0, 0.1) is 10.1 Å². The van der Waals surface area contributed by atoms with Gasteiger partial charge in [0.05, 0.1) is 26.9 Å². The van der Waals surface area contributed by atoms with Crippen LogP contribution in [0.4, 0.5) is 11.4 Å². The molecule has 0 saturated carbocycles. The summed E-state index contributed by atoms with van der Waals surface area (Å²) in [5.41, 5.74) is 2.82. The minimum Gasteiger partial charge on any atom is -0.502 e. The molecule has 6 nitrogen and oxygen atoms in total. The van der Waals surface area contributed by atoms with E-state index in [1.165, 1.54) is 12.3 Å². The van der Waals surface area contributed by atoms with Gasteiger partial charge in [0.2, 0.25) is 5.75 Å². The third-order valence-electron chi connectivity index (χ3n) is 2.60. The highest BCUT2D eigenvalue weighted by Crippen LogP contribution is 2.32. The van der Waals surface area contributed by atoms with Crippen LogP contribution in [0.2, 0.25) is 15.1 Å². The van der Waals surface area contributed by atoms with E-state index in [1.807, 2.05) is 0 Å². The number of benzene rings is 2. The van der Waals surface area contributed by atoms with Gasteiger partial charge >= 0.3 is 5.69 Å². The molecule has 0 atom stereocenters. The van der Waals surface area contributed by atoms with E-state index in [4.69, 9.17) is 34.8 Å². The Hall–Kier alpha value is -2.02. The lowest BCUT2D eigenvalue weighted by Gasteiger charge is -2.03. The predicted molar refractivity (Wildman–Crippen MR) is 87.4 cm³/mol. The lowest BCUT2D eigenvalue weighted by Crippen LogP contribution is -1.95. The van der Waals surface area contributed by atoms with Gasteiger partial charge in [0.25, 0.3) is 0 Å². The Bertz CT molecular complexity index is 766. The second-order valence-electron chi connectivity index (χ2n) is 4.12. The molecule has 0 bridgehead atoms. The molecule has 9 heteroatoms. The Morgan fingerprint density at radius 1 is 1.18 bits per heavy atom. The lowest BCUT2D eigenvalue weighted by atomic mass is 10.2. The van der Waals surface area contributed by atoms with Gasteiger partial charge in [0, 0.05) is 16.7 Å². The number of nitro benzene ring substituents is 1. The normalized spacial score (nSPS) is 10.9. The maximum Gasteiger partial charge on any atom is 0.312 e. The van der Waals surface area contributed by atoms with Crippen molar-refractivity contribution in [1.82, 2.24) is 0 Å². The number of phenolic OH excluding ortho intramolecular Hbond substituents is 1. The summed E-state index contributed by atoms with van der Waals surface area (Å²) in [5.74, 6) is -0.519. The first-order valence-electron chi connectivity index (χ1n) is 5.79. The highest BCUT2D eigenvalue weighted by molar-refractivity contribution is 6.42. The third-order valence-corrected chi connectivity index (χ3v) is 3.55. The average Bonchev–Trinajstić information content (AvgIpc) is 2.45. The monoisotopic (exact) mass is 359 g/mol. The Morgan fingerprint density at radius 2 is 1.91 bits per heavy atom. The molecule has 0 amide bonds. The lowest BCUT2D eigenvalue weighted by molar-refractivity contribution is -0.385. The minimum absolute atomic E-state index is 0.103. The van der Waals surface area contributed by atoms with Crippen molar-refractivity contribution in [2.45, 2.75) is 0 Å². The van der Waals surface area contributed by atoms with Crippen molar-refractivity contribution in [2.24, 2.45) is 5.10 Å². The quantitative estimate of drug-likeness (QED) is 0.469. The van der Waals surface area contributed by atoms with Crippen LogP contribution in [0.5, 0.6) is 5.75 Å². The molecule has 0 saturated heterocycles. The van der Waals surface area contributed by atoms with Crippen molar-refractivity contribution in [3.05, 3.63) is 61.1 Å². The topological polar surface area (TPSA) is 87.8 Å². The first kappa shape index (κ1) is 16.4. The Balaban J connectivity index is 2.23. The molecular weight excluding hydrogens is 353 g/mol. The number of hydrogen-bond donors (Lipinski definition) is 2. The molecule has 0 spiro atoms. The number of rotatable bonds is 4. The zero-order chi connectivity index (χ0) is 16.3. The molecule has 2 rings (SSSR count). The molecule has 22 heavy (non-hydrogen) atoms. The molecule has 0 aliphatic carbocycles. The van der Waals surface area contributed by atoms with Gasteiger partial charge in [-0.15, -0.1) is 0 Å². The zero-order valence-corrected chi connectivity index (χ0v) is 13.0. The SMILES string of the molecule is O=[N+]([O-])c1cc(Cl)cc(/C=N\Nc2ccc(Cl)c(Cl)c2)c1O. The van der Waals surface area contributed by atoms with E-state index in [9.17, 15) is 15.2 Å². The summed E-state index contributed by atoms with van der Waals surface area (Å²) >= 11 is 17.4. The van der Waals surface area contributed by atoms with E-state index in [2.05, 4.69) is 10.5 Å². The molecule has 2 aromatic rings. The van der Waals surface area contributed by atoms with Gasteiger partial charge in [-0.3, -0.25) is 15.5 Å². The molecule has 0 fully saturated rings. The summed E-state index contributed by atoms with van der Waals surface area (Å²) in [6, 6.07) is 7.20. The number of aromatic hydroxyl groups is 1. The van der Waals surface area contributed by atoms with Crippen molar-refractivity contribution in [3.63, 3.8) is 0 Å². The summed E-state index contributed by atoms with van der Waals surface area (Å²) < 4.78 is 0. The molecular formula is C13H8Cl3N3O3. The highest BCUT2D eigenvalue weighted by atomic mass is 35.5. The average molecular weight is 361 g/mol. The van der Waals surface area contributed by atoms with Gasteiger partial charge in [-0.1, -0.05) is 34.8 Å². The maximum atomic E-state index is 10.8. The van der Waals surface area contributed by atoms with E-state index in [0.717, 1.165) is 6.07 Å². The first-order valence-corrected chi connectivity index (χ1v) is 6.93.